The van der Waals surface area contributed by atoms with E-state index >= 15 is 0 Å². The molecule has 0 unspecified atom stereocenters. The minimum Gasteiger partial charge on any atom is -0.507 e. The zero-order chi connectivity index (χ0) is 17.6. The van der Waals surface area contributed by atoms with E-state index in [2.05, 4.69) is 0 Å². The second kappa shape index (κ2) is 5.70. The van der Waals surface area contributed by atoms with E-state index in [1.807, 2.05) is 0 Å². The number of hydrogen-bond acceptors (Lipinski definition) is 6. The maximum Gasteiger partial charge on any atom is 0.302 e. The molecule has 126 valence electrons. The van der Waals surface area contributed by atoms with Gasteiger partial charge in [0.2, 0.25) is 0 Å². The Kier molecular flexibility index (Phi) is 3.83. The van der Waals surface area contributed by atoms with Gasteiger partial charge in [0.15, 0.2) is 5.78 Å². The second-order valence-corrected chi connectivity index (χ2v) is 6.26. The normalized spacial score (nSPS) is 16.9. The average molecular weight is 330 g/mol. The lowest BCUT2D eigenvalue weighted by atomic mass is 9.80. The molecule has 2 aromatic carbocycles. The lowest BCUT2D eigenvalue weighted by Crippen LogP contribution is -2.25. The van der Waals surface area contributed by atoms with E-state index in [4.69, 9.17) is 4.74 Å². The molecule has 0 bridgehead atoms. The van der Waals surface area contributed by atoms with Crippen LogP contribution in [0.15, 0.2) is 12.1 Å². The SMILES string of the molecule is CC(=O)OC[C@H]1CC(=O)c2c(c(O)c3cc(C)cc(O)c3c2O)C1. The lowest BCUT2D eigenvalue weighted by Gasteiger charge is -2.26. The van der Waals surface area contributed by atoms with Crippen LogP contribution in [-0.2, 0) is 16.0 Å². The summed E-state index contributed by atoms with van der Waals surface area (Å²) in [5.41, 5.74) is 1.09. The number of esters is 1. The number of Topliss-reactive ketones (excluding diaryl/α,β-unsaturated/α-hetero) is 1. The van der Waals surface area contributed by atoms with Crippen LogP contribution in [0.1, 0.15) is 34.8 Å². The minimum atomic E-state index is -0.431. The number of carbonyl (C=O) groups is 2. The summed E-state index contributed by atoms with van der Waals surface area (Å²) >= 11 is 0. The molecule has 1 aliphatic rings. The molecular weight excluding hydrogens is 312 g/mol. The minimum absolute atomic E-state index is 0.0400. The van der Waals surface area contributed by atoms with E-state index in [1.54, 1.807) is 13.0 Å². The maximum atomic E-state index is 12.4. The van der Waals surface area contributed by atoms with Gasteiger partial charge in [0.25, 0.3) is 0 Å². The van der Waals surface area contributed by atoms with E-state index in [0.717, 1.165) is 0 Å². The van der Waals surface area contributed by atoms with Crippen LogP contribution in [-0.4, -0.2) is 33.7 Å². The van der Waals surface area contributed by atoms with Crippen LogP contribution in [0.5, 0.6) is 17.2 Å². The Balaban J connectivity index is 2.17. The second-order valence-electron chi connectivity index (χ2n) is 6.26. The molecular formula is C18H18O6. The van der Waals surface area contributed by atoms with E-state index < -0.39 is 5.97 Å². The van der Waals surface area contributed by atoms with Gasteiger partial charge < -0.3 is 20.1 Å². The Labute approximate surface area is 138 Å². The molecule has 1 atom stereocenters. The number of benzene rings is 2. The Morgan fingerprint density at radius 3 is 2.58 bits per heavy atom. The van der Waals surface area contributed by atoms with Crippen LogP contribution in [0.2, 0.25) is 0 Å². The number of phenolic OH excluding ortho intramolecular Hbond substituents is 3. The fourth-order valence-corrected chi connectivity index (χ4v) is 3.33. The first kappa shape index (κ1) is 16.1. The number of aromatic hydroxyl groups is 3. The Morgan fingerprint density at radius 1 is 1.21 bits per heavy atom. The van der Waals surface area contributed by atoms with Gasteiger partial charge in [-0.3, -0.25) is 9.59 Å². The molecule has 6 heteroatoms. The molecule has 0 radical (unpaired) electrons. The van der Waals surface area contributed by atoms with Gasteiger partial charge >= 0.3 is 5.97 Å². The lowest BCUT2D eigenvalue weighted by molar-refractivity contribution is -0.142. The highest BCUT2D eigenvalue weighted by molar-refractivity contribution is 6.11. The van der Waals surface area contributed by atoms with Crippen molar-refractivity contribution < 1.29 is 29.6 Å². The van der Waals surface area contributed by atoms with Crippen molar-refractivity contribution in [1.82, 2.24) is 0 Å². The van der Waals surface area contributed by atoms with Crippen LogP contribution in [0, 0.1) is 12.8 Å². The molecule has 0 aliphatic heterocycles. The van der Waals surface area contributed by atoms with Gasteiger partial charge in [0.1, 0.15) is 17.2 Å². The first-order valence-corrected chi connectivity index (χ1v) is 7.66. The van der Waals surface area contributed by atoms with E-state index in [0.29, 0.717) is 22.9 Å². The summed E-state index contributed by atoms with van der Waals surface area (Å²) in [5, 5.41) is 31.6. The monoisotopic (exact) mass is 330 g/mol. The first-order valence-electron chi connectivity index (χ1n) is 7.66. The molecule has 2 aromatic rings. The molecule has 3 N–H and O–H groups in total. The molecule has 0 amide bonds. The van der Waals surface area contributed by atoms with Crippen molar-refractivity contribution in [3.8, 4) is 17.2 Å². The maximum absolute atomic E-state index is 12.4. The Hall–Kier alpha value is -2.76. The van der Waals surface area contributed by atoms with E-state index in [9.17, 15) is 24.9 Å². The standard InChI is InChI=1S/C18H18O6/c1-8-3-11-15(13(20)4-8)18(23)16-12(17(11)22)5-10(6-14(16)21)7-24-9(2)19/h3-4,10,20,22-23H,5-7H2,1-2H3/t10-/m1/s1. The highest BCUT2D eigenvalue weighted by atomic mass is 16.5. The highest BCUT2D eigenvalue weighted by Crippen LogP contribution is 2.47. The van der Waals surface area contributed by atoms with E-state index in [-0.39, 0.29) is 52.9 Å². The molecule has 0 saturated carbocycles. The van der Waals surface area contributed by atoms with Crippen LogP contribution >= 0.6 is 0 Å². The van der Waals surface area contributed by atoms with Crippen LogP contribution < -0.4 is 0 Å². The zero-order valence-corrected chi connectivity index (χ0v) is 13.4. The zero-order valence-electron chi connectivity index (χ0n) is 13.4. The predicted molar refractivity (Wildman–Crippen MR) is 86.5 cm³/mol. The van der Waals surface area contributed by atoms with Gasteiger partial charge in [-0.25, -0.2) is 0 Å². The number of ether oxygens (including phenoxy) is 1. The van der Waals surface area contributed by atoms with Crippen LogP contribution in [0.3, 0.4) is 0 Å². The number of fused-ring (bicyclic) bond motifs is 2. The summed E-state index contributed by atoms with van der Waals surface area (Å²) in [6.45, 7) is 3.13. The van der Waals surface area contributed by atoms with Crippen molar-refractivity contribution in [2.24, 2.45) is 5.92 Å². The molecule has 0 heterocycles. The molecule has 0 aromatic heterocycles. The number of carbonyl (C=O) groups excluding carboxylic acids is 2. The van der Waals surface area contributed by atoms with Gasteiger partial charge in [-0.05, 0) is 31.0 Å². The number of ketones is 1. The van der Waals surface area contributed by atoms with Gasteiger partial charge in [-0.15, -0.1) is 0 Å². The van der Waals surface area contributed by atoms with Crippen molar-refractivity contribution >= 4 is 22.5 Å². The van der Waals surface area contributed by atoms with Gasteiger partial charge in [0, 0.05) is 30.2 Å². The summed E-state index contributed by atoms with van der Waals surface area (Å²) in [6, 6.07) is 3.11. The van der Waals surface area contributed by atoms with Crippen molar-refractivity contribution in [3.63, 3.8) is 0 Å². The first-order chi connectivity index (χ1) is 11.3. The van der Waals surface area contributed by atoms with Crippen molar-refractivity contribution in [1.29, 1.82) is 0 Å². The highest BCUT2D eigenvalue weighted by Gasteiger charge is 2.33. The van der Waals surface area contributed by atoms with Gasteiger partial charge in [-0.1, -0.05) is 0 Å². The van der Waals surface area contributed by atoms with Crippen LogP contribution in [0.25, 0.3) is 10.8 Å². The molecule has 1 aliphatic carbocycles. The summed E-state index contributed by atoms with van der Waals surface area (Å²) in [6.07, 6.45) is 0.407. The summed E-state index contributed by atoms with van der Waals surface area (Å²) in [4.78, 5) is 23.4. The molecule has 24 heavy (non-hydrogen) atoms. The Morgan fingerprint density at radius 2 is 1.92 bits per heavy atom. The average Bonchev–Trinajstić information content (AvgIpc) is 2.49. The number of phenols is 3. The van der Waals surface area contributed by atoms with Crippen molar-refractivity contribution in [2.45, 2.75) is 26.7 Å². The molecule has 0 fully saturated rings. The van der Waals surface area contributed by atoms with Crippen LogP contribution in [0.4, 0.5) is 0 Å². The number of rotatable bonds is 2. The van der Waals surface area contributed by atoms with Gasteiger partial charge in [-0.2, -0.15) is 0 Å². The fraction of sp³-hybridized carbons (Fsp3) is 0.333. The van der Waals surface area contributed by atoms with Gasteiger partial charge in [0.05, 0.1) is 17.6 Å². The largest absolute Gasteiger partial charge is 0.507 e. The summed E-state index contributed by atoms with van der Waals surface area (Å²) in [7, 11) is 0. The Bertz CT molecular complexity index is 868. The summed E-state index contributed by atoms with van der Waals surface area (Å²) in [5.74, 6) is -1.66. The third-order valence-corrected chi connectivity index (χ3v) is 4.35. The third-order valence-electron chi connectivity index (χ3n) is 4.35. The third kappa shape index (κ3) is 2.54. The smallest absolute Gasteiger partial charge is 0.302 e. The number of hydrogen-bond donors (Lipinski definition) is 3. The topological polar surface area (TPSA) is 104 Å². The molecule has 0 saturated heterocycles. The quantitative estimate of drug-likeness (QED) is 0.577. The fourth-order valence-electron chi connectivity index (χ4n) is 3.33. The summed E-state index contributed by atoms with van der Waals surface area (Å²) < 4.78 is 4.97. The molecule has 0 spiro atoms. The van der Waals surface area contributed by atoms with Crippen molar-refractivity contribution in [2.75, 3.05) is 6.61 Å². The van der Waals surface area contributed by atoms with Crippen molar-refractivity contribution in [3.05, 3.63) is 28.8 Å². The molecule has 6 nitrogen and oxygen atoms in total. The predicted octanol–water partition coefficient (Wildman–Crippen LogP) is 2.57. The molecule has 3 rings (SSSR count). The van der Waals surface area contributed by atoms with E-state index in [1.165, 1.54) is 13.0 Å². The number of aryl methyl sites for hydroxylation is 1.